The number of hydrogen-bond acceptors (Lipinski definition) is 1. The maximum atomic E-state index is 14.0. The molecule has 0 amide bonds. The molecule has 0 aliphatic heterocycles. The van der Waals surface area contributed by atoms with E-state index in [0.29, 0.717) is 17.1 Å². The monoisotopic (exact) mass is 359 g/mol. The maximum absolute atomic E-state index is 14.0. The Morgan fingerprint density at radius 3 is 2.40 bits per heavy atom. The highest BCUT2D eigenvalue weighted by Gasteiger charge is 2.23. The highest BCUT2D eigenvalue weighted by molar-refractivity contribution is 9.10. The summed E-state index contributed by atoms with van der Waals surface area (Å²) in [6.07, 6.45) is 0. The molecule has 0 bridgehead atoms. The molecule has 0 saturated carbocycles. The molecule has 0 spiro atoms. The van der Waals surface area contributed by atoms with Crippen molar-refractivity contribution in [3.05, 3.63) is 68.7 Å². The maximum Gasteiger partial charge on any atom is 0.131 e. The Balaban J connectivity index is 2.56. The molecule has 0 aliphatic carbocycles. The Kier molecular flexibility index (Phi) is 5.13. The fourth-order valence-electron chi connectivity index (χ4n) is 2.09. The van der Waals surface area contributed by atoms with Crippen molar-refractivity contribution < 1.29 is 8.78 Å². The minimum absolute atomic E-state index is 0.0152. The molecule has 0 heterocycles. The van der Waals surface area contributed by atoms with Crippen molar-refractivity contribution in [1.29, 1.82) is 0 Å². The fraction of sp³-hybridized carbons (Fsp3) is 0.200. The van der Waals surface area contributed by atoms with Gasteiger partial charge in [0.05, 0.1) is 6.04 Å². The predicted octanol–water partition coefficient (Wildman–Crippen LogP) is 5.08. The molecule has 5 heteroatoms. The largest absolute Gasteiger partial charge is 0.306 e. The third-order valence-corrected chi connectivity index (χ3v) is 3.79. The van der Waals surface area contributed by atoms with E-state index >= 15 is 0 Å². The van der Waals surface area contributed by atoms with Crippen LogP contribution in [0.15, 0.2) is 40.9 Å². The Morgan fingerprint density at radius 2 is 1.85 bits per heavy atom. The fourth-order valence-corrected chi connectivity index (χ4v) is 2.88. The van der Waals surface area contributed by atoms with Crippen LogP contribution in [0.5, 0.6) is 0 Å². The van der Waals surface area contributed by atoms with E-state index in [1.54, 1.807) is 18.2 Å². The zero-order valence-corrected chi connectivity index (χ0v) is 13.1. The molecule has 1 unspecified atom stereocenters. The van der Waals surface area contributed by atoms with Crippen LogP contribution < -0.4 is 5.32 Å². The van der Waals surface area contributed by atoms with Gasteiger partial charge >= 0.3 is 0 Å². The van der Waals surface area contributed by atoms with Gasteiger partial charge in [-0.15, -0.1) is 0 Å². The van der Waals surface area contributed by atoms with Crippen molar-refractivity contribution in [3.8, 4) is 0 Å². The lowest BCUT2D eigenvalue weighted by Gasteiger charge is -2.21. The van der Waals surface area contributed by atoms with Crippen LogP contribution in [0.3, 0.4) is 0 Å². The Labute approximate surface area is 130 Å². The third kappa shape index (κ3) is 3.19. The van der Waals surface area contributed by atoms with Crippen molar-refractivity contribution in [1.82, 2.24) is 5.32 Å². The first-order chi connectivity index (χ1) is 9.54. The van der Waals surface area contributed by atoms with E-state index in [1.165, 1.54) is 18.2 Å². The van der Waals surface area contributed by atoms with Gasteiger partial charge in [0.2, 0.25) is 0 Å². The van der Waals surface area contributed by atoms with Crippen molar-refractivity contribution in [2.75, 3.05) is 6.54 Å². The van der Waals surface area contributed by atoms with Crippen molar-refractivity contribution in [3.63, 3.8) is 0 Å². The molecule has 2 aromatic rings. The summed E-state index contributed by atoms with van der Waals surface area (Å²) in [5, 5.41) is 3.53. The summed E-state index contributed by atoms with van der Waals surface area (Å²) < 4.78 is 28.8. The van der Waals surface area contributed by atoms with Crippen LogP contribution in [0.1, 0.15) is 24.1 Å². The summed E-state index contributed by atoms with van der Waals surface area (Å²) in [6, 6.07) is 8.48. The second-order valence-corrected chi connectivity index (χ2v) is 5.61. The van der Waals surface area contributed by atoms with E-state index in [0.717, 1.165) is 4.47 Å². The summed E-state index contributed by atoms with van der Waals surface area (Å²) in [5.41, 5.74) is 0.624. The topological polar surface area (TPSA) is 12.0 Å². The normalized spacial score (nSPS) is 12.4. The van der Waals surface area contributed by atoms with E-state index in [1.807, 2.05) is 6.92 Å². The first-order valence-corrected chi connectivity index (χ1v) is 7.34. The lowest BCUT2D eigenvalue weighted by molar-refractivity contribution is 0.510. The van der Waals surface area contributed by atoms with Gasteiger partial charge in [0, 0.05) is 15.1 Å². The molecule has 2 rings (SSSR count). The van der Waals surface area contributed by atoms with Gasteiger partial charge in [-0.25, -0.2) is 8.78 Å². The van der Waals surface area contributed by atoms with Crippen LogP contribution in [0.25, 0.3) is 0 Å². The average molecular weight is 361 g/mol. The smallest absolute Gasteiger partial charge is 0.131 e. The minimum Gasteiger partial charge on any atom is -0.306 e. The zero-order chi connectivity index (χ0) is 14.7. The lowest BCUT2D eigenvalue weighted by atomic mass is 9.97. The van der Waals surface area contributed by atoms with Gasteiger partial charge in [-0.3, -0.25) is 0 Å². The SMILES string of the molecule is CCNC(c1ccc(Br)cc1Cl)c1c(F)cccc1F. The summed E-state index contributed by atoms with van der Waals surface area (Å²) >= 11 is 9.52. The van der Waals surface area contributed by atoms with Gasteiger partial charge in [-0.05, 0) is 36.4 Å². The van der Waals surface area contributed by atoms with Crippen LogP contribution in [0, 0.1) is 11.6 Å². The molecule has 0 aromatic heterocycles. The molecule has 0 radical (unpaired) electrons. The molecule has 1 atom stereocenters. The van der Waals surface area contributed by atoms with Gasteiger partial charge in [0.15, 0.2) is 0 Å². The van der Waals surface area contributed by atoms with Crippen LogP contribution in [-0.2, 0) is 0 Å². The first-order valence-electron chi connectivity index (χ1n) is 6.16. The molecule has 1 nitrogen and oxygen atoms in total. The van der Waals surface area contributed by atoms with Crippen LogP contribution in [-0.4, -0.2) is 6.54 Å². The molecule has 106 valence electrons. The quantitative estimate of drug-likeness (QED) is 0.802. The summed E-state index contributed by atoms with van der Waals surface area (Å²) in [4.78, 5) is 0. The van der Waals surface area contributed by atoms with Gasteiger partial charge in [-0.2, -0.15) is 0 Å². The predicted molar refractivity (Wildman–Crippen MR) is 81.0 cm³/mol. The molecule has 2 aromatic carbocycles. The molecule has 0 fully saturated rings. The van der Waals surface area contributed by atoms with Crippen molar-refractivity contribution in [2.45, 2.75) is 13.0 Å². The highest BCUT2D eigenvalue weighted by atomic mass is 79.9. The Hall–Kier alpha value is -0.970. The number of rotatable bonds is 4. The van der Waals surface area contributed by atoms with Gasteiger partial charge in [0.25, 0.3) is 0 Å². The zero-order valence-electron chi connectivity index (χ0n) is 10.8. The molecule has 20 heavy (non-hydrogen) atoms. The van der Waals surface area contributed by atoms with Crippen LogP contribution in [0.2, 0.25) is 5.02 Å². The molecule has 1 N–H and O–H groups in total. The summed E-state index contributed by atoms with van der Waals surface area (Å²) in [5.74, 6) is -1.18. The van der Waals surface area contributed by atoms with Crippen molar-refractivity contribution >= 4 is 27.5 Å². The van der Waals surface area contributed by atoms with Gasteiger partial charge in [-0.1, -0.05) is 46.6 Å². The Morgan fingerprint density at radius 1 is 1.20 bits per heavy atom. The molecule has 0 aliphatic rings. The average Bonchev–Trinajstić information content (AvgIpc) is 2.38. The van der Waals surface area contributed by atoms with Crippen molar-refractivity contribution in [2.24, 2.45) is 0 Å². The van der Waals surface area contributed by atoms with Crippen LogP contribution in [0.4, 0.5) is 8.78 Å². The van der Waals surface area contributed by atoms with E-state index in [4.69, 9.17) is 11.6 Å². The van der Waals surface area contributed by atoms with E-state index in [-0.39, 0.29) is 5.56 Å². The summed E-state index contributed by atoms with van der Waals surface area (Å²) in [7, 11) is 0. The molecule has 0 saturated heterocycles. The van der Waals surface area contributed by atoms with E-state index in [2.05, 4.69) is 21.2 Å². The minimum atomic E-state index is -0.623. The highest BCUT2D eigenvalue weighted by Crippen LogP contribution is 2.33. The number of benzene rings is 2. The number of nitrogens with one attached hydrogen (secondary N) is 1. The van der Waals surface area contributed by atoms with Gasteiger partial charge in [0.1, 0.15) is 11.6 Å². The second-order valence-electron chi connectivity index (χ2n) is 4.29. The van der Waals surface area contributed by atoms with E-state index in [9.17, 15) is 8.78 Å². The third-order valence-electron chi connectivity index (χ3n) is 2.97. The van der Waals surface area contributed by atoms with Crippen LogP contribution >= 0.6 is 27.5 Å². The van der Waals surface area contributed by atoms with E-state index < -0.39 is 17.7 Å². The second kappa shape index (κ2) is 6.66. The number of hydrogen-bond donors (Lipinski definition) is 1. The Bertz CT molecular complexity index is 599. The summed E-state index contributed by atoms with van der Waals surface area (Å²) in [6.45, 7) is 2.43. The lowest BCUT2D eigenvalue weighted by Crippen LogP contribution is -2.24. The molecular formula is C15H13BrClF2N. The number of halogens is 4. The first kappa shape index (κ1) is 15.4. The van der Waals surface area contributed by atoms with Gasteiger partial charge < -0.3 is 5.32 Å². The molecular weight excluding hydrogens is 348 g/mol. The standard InChI is InChI=1S/C15H13BrClF2N/c1-2-20-15(10-7-6-9(16)8-11(10)17)14-12(18)4-3-5-13(14)19/h3-8,15,20H,2H2,1H3.